The molecule has 8 nitrogen and oxygen atoms in total. The number of nitrogen functional groups attached to an aromatic ring is 1. The summed E-state index contributed by atoms with van der Waals surface area (Å²) in [4.78, 5) is 9.56. The van der Waals surface area contributed by atoms with Gasteiger partial charge in [-0.1, -0.05) is 6.92 Å². The highest BCUT2D eigenvalue weighted by atomic mass is 32.2. The second-order valence-corrected chi connectivity index (χ2v) is 6.28. The molecule has 1 fully saturated rings. The molecule has 0 bridgehead atoms. The van der Waals surface area contributed by atoms with Crippen LogP contribution in [0.1, 0.15) is 6.92 Å². The number of hydrogen-bond acceptors (Lipinski definition) is 7. The minimum Gasteiger partial charge on any atom is -0.374 e. The molecule has 1 saturated heterocycles. The molecule has 0 saturated carbocycles. The molecule has 1 unspecified atom stereocenters. The SMILES string of the molecule is CCN1CCOC(CNS(=O)(=O)c2cnc(N)nc2)C1. The van der Waals surface area contributed by atoms with E-state index in [1.165, 1.54) is 12.4 Å². The second kappa shape index (κ2) is 6.44. The molecule has 9 heteroatoms. The van der Waals surface area contributed by atoms with Crippen LogP contribution in [-0.4, -0.2) is 62.2 Å². The molecule has 0 radical (unpaired) electrons. The van der Waals surface area contributed by atoms with Crippen LogP contribution in [0, 0.1) is 0 Å². The van der Waals surface area contributed by atoms with E-state index in [1.807, 2.05) is 0 Å². The predicted octanol–water partition coefficient (Wildman–Crippen LogP) is -0.942. The highest BCUT2D eigenvalue weighted by Gasteiger charge is 2.22. The number of morpholine rings is 1. The molecule has 0 aromatic carbocycles. The van der Waals surface area contributed by atoms with Gasteiger partial charge < -0.3 is 10.5 Å². The van der Waals surface area contributed by atoms with Crippen LogP contribution in [0.2, 0.25) is 0 Å². The fourth-order valence-electron chi connectivity index (χ4n) is 1.94. The van der Waals surface area contributed by atoms with E-state index in [0.717, 1.165) is 19.6 Å². The largest absolute Gasteiger partial charge is 0.374 e. The first-order valence-corrected chi connectivity index (χ1v) is 7.90. The molecule has 1 aromatic heterocycles. The summed E-state index contributed by atoms with van der Waals surface area (Å²) in [5.74, 6) is 0.0400. The Morgan fingerprint density at radius 3 is 2.85 bits per heavy atom. The third kappa shape index (κ3) is 3.85. The monoisotopic (exact) mass is 301 g/mol. The first-order chi connectivity index (χ1) is 9.51. The van der Waals surface area contributed by atoms with E-state index in [0.29, 0.717) is 6.61 Å². The molecule has 112 valence electrons. The van der Waals surface area contributed by atoms with Crippen LogP contribution in [0.5, 0.6) is 0 Å². The lowest BCUT2D eigenvalue weighted by atomic mass is 10.3. The van der Waals surface area contributed by atoms with Gasteiger partial charge in [0.25, 0.3) is 0 Å². The topological polar surface area (TPSA) is 110 Å². The van der Waals surface area contributed by atoms with E-state index in [4.69, 9.17) is 10.5 Å². The Kier molecular flexibility index (Phi) is 4.86. The Labute approximate surface area is 118 Å². The van der Waals surface area contributed by atoms with Crippen LogP contribution in [0.3, 0.4) is 0 Å². The summed E-state index contributed by atoms with van der Waals surface area (Å²) in [6.45, 7) is 5.44. The molecule has 1 atom stereocenters. The number of nitrogens with two attached hydrogens (primary N) is 1. The Morgan fingerprint density at radius 2 is 2.20 bits per heavy atom. The van der Waals surface area contributed by atoms with Crippen molar-refractivity contribution in [3.05, 3.63) is 12.4 Å². The average molecular weight is 301 g/mol. The normalized spacial score (nSPS) is 20.9. The third-order valence-electron chi connectivity index (χ3n) is 3.13. The predicted molar refractivity (Wildman–Crippen MR) is 73.5 cm³/mol. The molecular weight excluding hydrogens is 282 g/mol. The lowest BCUT2D eigenvalue weighted by Gasteiger charge is -2.32. The molecule has 2 heterocycles. The summed E-state index contributed by atoms with van der Waals surface area (Å²) >= 11 is 0. The van der Waals surface area contributed by atoms with E-state index >= 15 is 0 Å². The van der Waals surface area contributed by atoms with Crippen molar-refractivity contribution < 1.29 is 13.2 Å². The van der Waals surface area contributed by atoms with Gasteiger partial charge in [0, 0.05) is 19.6 Å². The molecule has 0 amide bonds. The van der Waals surface area contributed by atoms with E-state index in [9.17, 15) is 8.42 Å². The van der Waals surface area contributed by atoms with E-state index in [-0.39, 0.29) is 23.5 Å². The lowest BCUT2D eigenvalue weighted by Crippen LogP contribution is -2.47. The Morgan fingerprint density at radius 1 is 1.50 bits per heavy atom. The van der Waals surface area contributed by atoms with Crippen molar-refractivity contribution in [3.8, 4) is 0 Å². The molecule has 2 rings (SSSR count). The van der Waals surface area contributed by atoms with Gasteiger partial charge in [0.15, 0.2) is 0 Å². The van der Waals surface area contributed by atoms with Gasteiger partial charge >= 0.3 is 0 Å². The molecule has 0 spiro atoms. The van der Waals surface area contributed by atoms with Crippen molar-refractivity contribution in [1.29, 1.82) is 0 Å². The molecule has 0 aliphatic carbocycles. The number of nitrogens with one attached hydrogen (secondary N) is 1. The fourth-order valence-corrected chi connectivity index (χ4v) is 2.90. The van der Waals surface area contributed by atoms with Crippen LogP contribution in [-0.2, 0) is 14.8 Å². The summed E-state index contributed by atoms with van der Waals surface area (Å²) in [5, 5.41) is 0. The Bertz CT molecular complexity index is 533. The standard InChI is InChI=1S/C11H19N5O3S/c1-2-16-3-4-19-9(8-16)5-15-20(17,18)10-6-13-11(12)14-7-10/h6-7,9,15H,2-5,8H2,1H3,(H2,12,13,14). The lowest BCUT2D eigenvalue weighted by molar-refractivity contribution is -0.0229. The fraction of sp³-hybridized carbons (Fsp3) is 0.636. The van der Waals surface area contributed by atoms with Crippen molar-refractivity contribution in [1.82, 2.24) is 19.6 Å². The van der Waals surface area contributed by atoms with Crippen molar-refractivity contribution in [2.24, 2.45) is 0 Å². The molecular formula is C11H19N5O3S. The number of hydrogen-bond donors (Lipinski definition) is 2. The Hall–Kier alpha value is -1.29. The first kappa shape index (κ1) is 15.1. The van der Waals surface area contributed by atoms with Crippen LogP contribution in [0.15, 0.2) is 17.3 Å². The molecule has 1 aromatic rings. The van der Waals surface area contributed by atoms with E-state index in [2.05, 4.69) is 26.5 Å². The number of aromatic nitrogens is 2. The summed E-state index contributed by atoms with van der Waals surface area (Å²) in [5.41, 5.74) is 5.33. The molecule has 1 aliphatic heterocycles. The molecule has 1 aliphatic rings. The summed E-state index contributed by atoms with van der Waals surface area (Å²) < 4.78 is 32.1. The van der Waals surface area contributed by atoms with Gasteiger partial charge in [-0.3, -0.25) is 4.90 Å². The minimum absolute atomic E-state index is 0.00476. The van der Waals surface area contributed by atoms with Crippen molar-refractivity contribution in [2.75, 3.05) is 38.5 Å². The van der Waals surface area contributed by atoms with Crippen LogP contribution in [0.4, 0.5) is 5.95 Å². The zero-order valence-corrected chi connectivity index (χ0v) is 12.1. The second-order valence-electron chi connectivity index (χ2n) is 4.51. The van der Waals surface area contributed by atoms with E-state index in [1.54, 1.807) is 0 Å². The summed E-state index contributed by atoms with van der Waals surface area (Å²) in [7, 11) is -3.63. The van der Waals surface area contributed by atoms with Gasteiger partial charge in [0.1, 0.15) is 4.90 Å². The zero-order chi connectivity index (χ0) is 14.6. The van der Waals surface area contributed by atoms with Gasteiger partial charge in [0.05, 0.1) is 25.1 Å². The van der Waals surface area contributed by atoms with Gasteiger partial charge in [-0.2, -0.15) is 0 Å². The Balaban J connectivity index is 1.94. The highest BCUT2D eigenvalue weighted by Crippen LogP contribution is 2.08. The molecule has 20 heavy (non-hydrogen) atoms. The van der Waals surface area contributed by atoms with Gasteiger partial charge in [-0.15, -0.1) is 0 Å². The van der Waals surface area contributed by atoms with Crippen molar-refractivity contribution in [2.45, 2.75) is 17.9 Å². The van der Waals surface area contributed by atoms with Crippen LogP contribution >= 0.6 is 0 Å². The highest BCUT2D eigenvalue weighted by molar-refractivity contribution is 7.89. The maximum Gasteiger partial charge on any atom is 0.243 e. The van der Waals surface area contributed by atoms with Gasteiger partial charge in [0.2, 0.25) is 16.0 Å². The minimum atomic E-state index is -3.63. The summed E-state index contributed by atoms with van der Waals surface area (Å²) in [6.07, 6.45) is 2.23. The quantitative estimate of drug-likeness (QED) is 0.722. The maximum absolute atomic E-state index is 12.0. The van der Waals surface area contributed by atoms with Crippen LogP contribution in [0.25, 0.3) is 0 Å². The third-order valence-corrected chi connectivity index (χ3v) is 4.51. The number of likely N-dealkylation sites (N-methyl/N-ethyl adjacent to an activating group) is 1. The number of ether oxygens (including phenoxy) is 1. The van der Waals surface area contributed by atoms with Crippen LogP contribution < -0.4 is 10.5 Å². The van der Waals surface area contributed by atoms with Gasteiger partial charge in [-0.25, -0.2) is 23.1 Å². The number of anilines is 1. The van der Waals surface area contributed by atoms with Crippen molar-refractivity contribution >= 4 is 16.0 Å². The average Bonchev–Trinajstić information content (AvgIpc) is 2.46. The zero-order valence-electron chi connectivity index (χ0n) is 11.3. The summed E-state index contributed by atoms with van der Waals surface area (Å²) in [6, 6.07) is 0. The van der Waals surface area contributed by atoms with E-state index < -0.39 is 10.0 Å². The maximum atomic E-state index is 12.0. The van der Waals surface area contributed by atoms with Gasteiger partial charge in [-0.05, 0) is 6.54 Å². The molecule has 3 N–H and O–H groups in total. The van der Waals surface area contributed by atoms with Crippen molar-refractivity contribution in [3.63, 3.8) is 0 Å². The number of nitrogens with zero attached hydrogens (tertiary/aromatic N) is 3. The smallest absolute Gasteiger partial charge is 0.243 e. The number of rotatable bonds is 5. The number of sulfonamides is 1. The first-order valence-electron chi connectivity index (χ1n) is 6.42.